The topological polar surface area (TPSA) is 39.4 Å². The third-order valence-electron chi connectivity index (χ3n) is 10.6. The van der Waals surface area contributed by atoms with Crippen LogP contribution in [0.4, 0.5) is 0 Å². The van der Waals surface area contributed by atoms with Crippen LogP contribution in [0, 0.1) is 0 Å². The van der Waals surface area contributed by atoms with Gasteiger partial charge in [0, 0.05) is 32.5 Å². The lowest BCUT2D eigenvalue weighted by Crippen LogP contribution is -2.04. The highest BCUT2D eigenvalue weighted by Gasteiger charge is 2.26. The number of hydrogen-bond donors (Lipinski definition) is 1. The highest BCUT2D eigenvalue weighted by Crippen LogP contribution is 2.45. The Morgan fingerprint density at radius 2 is 1.37 bits per heavy atom. The number of hydrogen-bond acceptors (Lipinski definition) is 4. The van der Waals surface area contributed by atoms with Gasteiger partial charge in [-0.25, -0.2) is 0 Å². The summed E-state index contributed by atoms with van der Waals surface area (Å²) >= 11 is 4.76. The van der Waals surface area contributed by atoms with Crippen molar-refractivity contribution in [1.82, 2.24) is 0 Å². The molecule has 52 heavy (non-hydrogen) atoms. The predicted octanol–water partition coefficient (Wildman–Crippen LogP) is 14.2. The number of furan rings is 3. The lowest BCUT2D eigenvalue weighted by atomic mass is 9.85. The Morgan fingerprint density at radius 1 is 0.654 bits per heavy atom. The van der Waals surface area contributed by atoms with Crippen molar-refractivity contribution < 1.29 is 13.3 Å². The molecule has 0 aliphatic heterocycles. The summed E-state index contributed by atoms with van der Waals surface area (Å²) in [6, 6.07) is 40.8. The van der Waals surface area contributed by atoms with E-state index in [-0.39, 0.29) is 5.92 Å². The molecule has 4 heteroatoms. The van der Waals surface area contributed by atoms with Crippen LogP contribution in [0.1, 0.15) is 42.2 Å². The van der Waals surface area contributed by atoms with Crippen molar-refractivity contribution in [2.45, 2.75) is 31.1 Å². The third-order valence-corrected chi connectivity index (χ3v) is 11.0. The van der Waals surface area contributed by atoms with Crippen LogP contribution in [-0.2, 0) is 6.42 Å². The molecule has 0 amide bonds. The molecule has 1 atom stereocenters. The van der Waals surface area contributed by atoms with Gasteiger partial charge in [-0.3, -0.25) is 0 Å². The van der Waals surface area contributed by atoms with Crippen LogP contribution in [0.3, 0.4) is 0 Å². The molecular weight excluding hydrogens is 657 g/mol. The van der Waals surface area contributed by atoms with Crippen molar-refractivity contribution >= 4 is 79.1 Å². The largest absolute Gasteiger partial charge is 0.456 e. The highest BCUT2D eigenvalue weighted by molar-refractivity contribution is 7.80. The van der Waals surface area contributed by atoms with Gasteiger partial charge in [-0.2, -0.15) is 0 Å². The second kappa shape index (κ2) is 12.1. The standard InChI is InChI=1S/C48H34O3S/c1-3-4-9-28(2)38-26-34(17-23-44(38)52)32-13-8-11-30(25-32)29-10-7-12-31(24-29)33-16-20-41-39(27-33)46-43(50-41)22-19-36-35-18-21-42-45(47(35)51-48(36)46)37-14-5-6-15-40(37)49-42/h3-26,33,52H,27H2,1-2H3/b4-3-,28-9+. The lowest BCUT2D eigenvalue weighted by Gasteiger charge is -2.18. The first-order chi connectivity index (χ1) is 25.5. The fourth-order valence-corrected chi connectivity index (χ4v) is 8.32. The normalized spacial score (nSPS) is 14.9. The van der Waals surface area contributed by atoms with E-state index in [4.69, 9.17) is 25.9 Å². The maximum Gasteiger partial charge on any atom is 0.147 e. The van der Waals surface area contributed by atoms with Crippen LogP contribution in [0.15, 0.2) is 158 Å². The second-order valence-electron chi connectivity index (χ2n) is 13.8. The molecule has 0 bridgehead atoms. The molecule has 9 aromatic rings. The van der Waals surface area contributed by atoms with Crippen molar-refractivity contribution in [3.63, 3.8) is 0 Å². The van der Waals surface area contributed by atoms with Crippen LogP contribution >= 0.6 is 12.6 Å². The van der Waals surface area contributed by atoms with Gasteiger partial charge in [0.15, 0.2) is 0 Å². The van der Waals surface area contributed by atoms with E-state index in [1.165, 1.54) is 39.0 Å². The number of benzene rings is 6. The summed E-state index contributed by atoms with van der Waals surface area (Å²) in [5.74, 6) is 1.10. The average molecular weight is 691 g/mol. The minimum absolute atomic E-state index is 0.193. The summed E-state index contributed by atoms with van der Waals surface area (Å²) in [5, 5.41) is 5.32. The maximum absolute atomic E-state index is 6.83. The van der Waals surface area contributed by atoms with E-state index in [0.717, 1.165) is 77.5 Å². The minimum Gasteiger partial charge on any atom is -0.456 e. The van der Waals surface area contributed by atoms with Crippen molar-refractivity contribution in [3.05, 3.63) is 162 Å². The monoisotopic (exact) mass is 690 g/mol. The van der Waals surface area contributed by atoms with E-state index < -0.39 is 0 Å². The van der Waals surface area contributed by atoms with E-state index >= 15 is 0 Å². The minimum atomic E-state index is 0.193. The van der Waals surface area contributed by atoms with Gasteiger partial charge in [-0.05, 0) is 114 Å². The second-order valence-corrected chi connectivity index (χ2v) is 14.2. The molecule has 0 spiro atoms. The number of thiol groups is 1. The number of allylic oxidation sites excluding steroid dienone is 5. The number of rotatable bonds is 5. The van der Waals surface area contributed by atoms with Gasteiger partial charge >= 0.3 is 0 Å². The van der Waals surface area contributed by atoms with E-state index in [1.54, 1.807) is 0 Å². The lowest BCUT2D eigenvalue weighted by molar-refractivity contribution is 0.591. The van der Waals surface area contributed by atoms with Gasteiger partial charge in [-0.1, -0.05) is 91.0 Å². The van der Waals surface area contributed by atoms with E-state index in [2.05, 4.69) is 128 Å². The first-order valence-electron chi connectivity index (χ1n) is 17.8. The summed E-state index contributed by atoms with van der Waals surface area (Å²) in [6.45, 7) is 4.16. The van der Waals surface area contributed by atoms with Gasteiger partial charge in [-0.15, -0.1) is 12.6 Å². The molecule has 6 aromatic carbocycles. The molecule has 250 valence electrons. The van der Waals surface area contributed by atoms with Crippen LogP contribution in [-0.4, -0.2) is 0 Å². The summed E-state index contributed by atoms with van der Waals surface area (Å²) in [7, 11) is 0. The summed E-state index contributed by atoms with van der Waals surface area (Å²) < 4.78 is 19.5. The molecule has 10 rings (SSSR count). The molecule has 0 N–H and O–H groups in total. The van der Waals surface area contributed by atoms with Crippen molar-refractivity contribution in [2.75, 3.05) is 0 Å². The molecule has 1 unspecified atom stereocenters. The van der Waals surface area contributed by atoms with Crippen molar-refractivity contribution in [1.29, 1.82) is 0 Å². The summed E-state index contributed by atoms with van der Waals surface area (Å²) in [5.41, 5.74) is 13.8. The fraction of sp³-hybridized carbons (Fsp3) is 0.0833. The van der Waals surface area contributed by atoms with Gasteiger partial charge in [0.1, 0.15) is 33.7 Å². The molecule has 0 radical (unpaired) electrons. The van der Waals surface area contributed by atoms with Gasteiger partial charge in [0.05, 0.1) is 10.8 Å². The van der Waals surface area contributed by atoms with Crippen LogP contribution in [0.25, 0.3) is 88.7 Å². The summed E-state index contributed by atoms with van der Waals surface area (Å²) in [6.07, 6.45) is 11.5. The van der Waals surface area contributed by atoms with Gasteiger partial charge in [0.25, 0.3) is 0 Å². The zero-order chi connectivity index (χ0) is 34.9. The maximum atomic E-state index is 6.83. The van der Waals surface area contributed by atoms with Gasteiger partial charge < -0.3 is 13.3 Å². The highest BCUT2D eigenvalue weighted by atomic mass is 32.1. The molecule has 3 aromatic heterocycles. The van der Waals surface area contributed by atoms with E-state index in [9.17, 15) is 0 Å². The molecule has 0 fully saturated rings. The number of para-hydroxylation sites is 1. The Labute approximate surface area is 306 Å². The third kappa shape index (κ3) is 4.90. The smallest absolute Gasteiger partial charge is 0.147 e. The Balaban J connectivity index is 1.02. The van der Waals surface area contributed by atoms with Crippen molar-refractivity contribution in [3.8, 4) is 22.3 Å². The molecule has 3 heterocycles. The zero-order valence-electron chi connectivity index (χ0n) is 28.8. The molecular formula is C48H34O3S. The molecule has 1 aliphatic rings. The molecule has 3 nitrogen and oxygen atoms in total. The SMILES string of the molecule is C/C=C\C=C(/C)c1cc(-c2cccc(-c3cccc(C4C=Cc5oc6ccc7c8ccc9oc%10ccccc%10c9c8oc7c6c5C4)c3)c2)ccc1S. The first-order valence-corrected chi connectivity index (χ1v) is 18.2. The fourth-order valence-electron chi connectivity index (χ4n) is 8.01. The summed E-state index contributed by atoms with van der Waals surface area (Å²) in [4.78, 5) is 0.977. The van der Waals surface area contributed by atoms with Crippen LogP contribution < -0.4 is 0 Å². The molecule has 0 saturated heterocycles. The Hall–Kier alpha value is -5.97. The van der Waals surface area contributed by atoms with Gasteiger partial charge in [0.2, 0.25) is 0 Å². The Morgan fingerprint density at radius 3 is 2.17 bits per heavy atom. The van der Waals surface area contributed by atoms with Crippen LogP contribution in [0.5, 0.6) is 0 Å². The average Bonchev–Trinajstić information content (AvgIpc) is 3.88. The van der Waals surface area contributed by atoms with E-state index in [0.29, 0.717) is 0 Å². The first kappa shape index (κ1) is 30.8. The van der Waals surface area contributed by atoms with Crippen LogP contribution in [0.2, 0.25) is 0 Å². The molecule has 1 aliphatic carbocycles. The molecule has 0 saturated carbocycles. The van der Waals surface area contributed by atoms with E-state index in [1.807, 2.05) is 31.2 Å². The zero-order valence-corrected chi connectivity index (χ0v) is 29.7. The van der Waals surface area contributed by atoms with Crippen molar-refractivity contribution in [2.24, 2.45) is 0 Å². The predicted molar refractivity (Wildman–Crippen MR) is 219 cm³/mol. The Bertz CT molecular complexity index is 2980. The Kier molecular flexibility index (Phi) is 7.16. The number of fused-ring (bicyclic) bond motifs is 11. The quantitative estimate of drug-likeness (QED) is 0.144.